The predicted molar refractivity (Wildman–Crippen MR) is 84.7 cm³/mol. The summed E-state index contributed by atoms with van der Waals surface area (Å²) in [7, 11) is -0.688. The molecule has 1 fully saturated rings. The van der Waals surface area contributed by atoms with Gasteiger partial charge in [0.1, 0.15) is 5.69 Å². The van der Waals surface area contributed by atoms with E-state index in [0.29, 0.717) is 24.4 Å². The van der Waals surface area contributed by atoms with Crippen molar-refractivity contribution in [1.29, 1.82) is 0 Å². The van der Waals surface area contributed by atoms with E-state index in [9.17, 15) is 10.1 Å². The van der Waals surface area contributed by atoms with E-state index in [1.807, 2.05) is 30.3 Å². The summed E-state index contributed by atoms with van der Waals surface area (Å²) in [5.74, 6) is 0. The molecule has 1 aliphatic rings. The van der Waals surface area contributed by atoms with E-state index < -0.39 is 12.0 Å². The first-order valence-corrected chi connectivity index (χ1v) is 7.08. The molecule has 1 saturated heterocycles. The van der Waals surface area contributed by atoms with Crippen LogP contribution in [0.5, 0.6) is 0 Å². The Kier molecular flexibility index (Phi) is 4.36. The third kappa shape index (κ3) is 3.10. The highest BCUT2D eigenvalue weighted by Crippen LogP contribution is 2.26. The fraction of sp³-hybridized carbons (Fsp3) is 0.200. The first kappa shape index (κ1) is 14.6. The second-order valence-electron chi connectivity index (χ2n) is 4.92. The molecule has 0 aliphatic carbocycles. The number of nitrogens with zero attached hydrogens (tertiary/aromatic N) is 1. The molecular weight excluding hydrogens is 283 g/mol. The summed E-state index contributed by atoms with van der Waals surface area (Å²) in [4.78, 5) is 11.1. The molecule has 0 saturated carbocycles. The van der Waals surface area contributed by atoms with E-state index in [2.05, 4.69) is 5.32 Å². The van der Waals surface area contributed by atoms with E-state index in [1.54, 1.807) is 18.2 Å². The molecule has 3 rings (SSSR count). The number of anilines is 2. The van der Waals surface area contributed by atoms with Crippen molar-refractivity contribution in [3.05, 3.63) is 58.6 Å². The Morgan fingerprint density at radius 2 is 1.77 bits per heavy atom. The van der Waals surface area contributed by atoms with E-state index >= 15 is 0 Å². The van der Waals surface area contributed by atoms with Gasteiger partial charge in [-0.05, 0) is 24.6 Å². The number of para-hydroxylation sites is 2. The number of nitro groups is 1. The van der Waals surface area contributed by atoms with Crippen LogP contribution in [0.15, 0.2) is 48.5 Å². The lowest BCUT2D eigenvalue weighted by atomic mass is 9.76. The molecular formula is C15H15BN2O4. The van der Waals surface area contributed by atoms with Crippen molar-refractivity contribution in [3.8, 4) is 0 Å². The van der Waals surface area contributed by atoms with Crippen LogP contribution in [-0.4, -0.2) is 25.3 Å². The predicted octanol–water partition coefficient (Wildman–Crippen LogP) is 2.47. The number of benzene rings is 2. The maximum absolute atomic E-state index is 11.5. The van der Waals surface area contributed by atoms with E-state index in [0.717, 1.165) is 12.1 Å². The first-order valence-electron chi connectivity index (χ1n) is 7.08. The maximum atomic E-state index is 11.5. The number of rotatable bonds is 4. The minimum atomic E-state index is -0.688. The lowest BCUT2D eigenvalue weighted by molar-refractivity contribution is -0.382. The standard InChI is InChI=1S/C15H15BN2O4/c19-18(20)15-13(16-21-10-5-11-22-16)8-4-9-14(15)17-12-6-2-1-3-7-12/h1-4,6-9,17H,5,10-11H2. The maximum Gasteiger partial charge on any atom is 0.501 e. The van der Waals surface area contributed by atoms with E-state index in [4.69, 9.17) is 9.31 Å². The molecule has 0 radical (unpaired) electrons. The molecule has 0 amide bonds. The molecule has 0 bridgehead atoms. The van der Waals surface area contributed by atoms with Gasteiger partial charge in [-0.25, -0.2) is 0 Å². The van der Waals surface area contributed by atoms with Crippen molar-refractivity contribution < 1.29 is 14.2 Å². The summed E-state index contributed by atoms with van der Waals surface area (Å²) in [6.07, 6.45) is 0.798. The lowest BCUT2D eigenvalue weighted by Gasteiger charge is -2.20. The quantitative estimate of drug-likeness (QED) is 0.533. The van der Waals surface area contributed by atoms with Crippen molar-refractivity contribution in [3.63, 3.8) is 0 Å². The third-order valence-electron chi connectivity index (χ3n) is 3.38. The molecule has 0 aromatic heterocycles. The van der Waals surface area contributed by atoms with E-state index in [1.165, 1.54) is 0 Å². The second kappa shape index (κ2) is 6.59. The Morgan fingerprint density at radius 1 is 1.05 bits per heavy atom. The Labute approximate surface area is 128 Å². The fourth-order valence-electron chi connectivity index (χ4n) is 2.40. The molecule has 1 heterocycles. The van der Waals surface area contributed by atoms with Gasteiger partial charge in [0.05, 0.1) is 10.4 Å². The van der Waals surface area contributed by atoms with Crippen LogP contribution >= 0.6 is 0 Å². The normalized spacial score (nSPS) is 14.6. The molecule has 112 valence electrons. The minimum absolute atomic E-state index is 0.0155. The van der Waals surface area contributed by atoms with Crippen LogP contribution in [0.2, 0.25) is 0 Å². The average molecular weight is 298 g/mol. The molecule has 22 heavy (non-hydrogen) atoms. The highest BCUT2D eigenvalue weighted by molar-refractivity contribution is 6.63. The van der Waals surface area contributed by atoms with Gasteiger partial charge < -0.3 is 14.6 Å². The van der Waals surface area contributed by atoms with Gasteiger partial charge in [0, 0.05) is 18.9 Å². The van der Waals surface area contributed by atoms with Crippen molar-refractivity contribution in [2.45, 2.75) is 6.42 Å². The van der Waals surface area contributed by atoms with Gasteiger partial charge in [-0.3, -0.25) is 10.1 Å². The SMILES string of the molecule is O=[N+]([O-])c1c(Nc2ccccc2)cccc1B1OCCCO1. The number of hydrogen-bond donors (Lipinski definition) is 1. The molecule has 2 aromatic rings. The van der Waals surface area contributed by atoms with Crippen LogP contribution in [0.25, 0.3) is 0 Å². The van der Waals surface area contributed by atoms with Crippen LogP contribution in [0, 0.1) is 10.1 Å². The van der Waals surface area contributed by atoms with Gasteiger partial charge in [0.15, 0.2) is 0 Å². The van der Waals surface area contributed by atoms with Gasteiger partial charge in [-0.1, -0.05) is 30.3 Å². The second-order valence-corrected chi connectivity index (χ2v) is 4.92. The fourth-order valence-corrected chi connectivity index (χ4v) is 2.40. The number of nitro benzene ring substituents is 1. The summed E-state index contributed by atoms with van der Waals surface area (Å²) in [6.45, 7) is 1.08. The number of hydrogen-bond acceptors (Lipinski definition) is 5. The van der Waals surface area contributed by atoms with Crippen molar-refractivity contribution in [2.75, 3.05) is 18.5 Å². The minimum Gasteiger partial charge on any atom is -0.407 e. The van der Waals surface area contributed by atoms with E-state index in [-0.39, 0.29) is 5.69 Å². The highest BCUT2D eigenvalue weighted by atomic mass is 16.6. The van der Waals surface area contributed by atoms with Crippen LogP contribution < -0.4 is 10.8 Å². The molecule has 0 atom stereocenters. The molecule has 2 aromatic carbocycles. The Morgan fingerprint density at radius 3 is 2.45 bits per heavy atom. The third-order valence-corrected chi connectivity index (χ3v) is 3.38. The number of nitrogens with one attached hydrogen (secondary N) is 1. The average Bonchev–Trinajstić information content (AvgIpc) is 2.56. The molecule has 0 unspecified atom stereocenters. The Bertz CT molecular complexity index is 660. The Hall–Kier alpha value is -2.38. The zero-order valence-corrected chi connectivity index (χ0v) is 11.9. The Balaban J connectivity index is 1.97. The molecule has 0 spiro atoms. The largest absolute Gasteiger partial charge is 0.501 e. The molecule has 7 heteroatoms. The van der Waals surface area contributed by atoms with Gasteiger partial charge in [0.25, 0.3) is 5.69 Å². The monoisotopic (exact) mass is 298 g/mol. The summed E-state index contributed by atoms with van der Waals surface area (Å²) >= 11 is 0. The van der Waals surface area contributed by atoms with Gasteiger partial charge in [-0.15, -0.1) is 0 Å². The first-order chi connectivity index (χ1) is 10.8. The van der Waals surface area contributed by atoms with Crippen molar-refractivity contribution >= 4 is 29.6 Å². The summed E-state index contributed by atoms with van der Waals surface area (Å²) in [6, 6.07) is 14.4. The molecule has 1 aliphatic heterocycles. The van der Waals surface area contributed by atoms with Crippen LogP contribution in [-0.2, 0) is 9.31 Å². The zero-order valence-electron chi connectivity index (χ0n) is 11.9. The highest BCUT2D eigenvalue weighted by Gasteiger charge is 2.33. The van der Waals surface area contributed by atoms with Crippen LogP contribution in [0.4, 0.5) is 17.1 Å². The smallest absolute Gasteiger partial charge is 0.407 e. The lowest BCUT2D eigenvalue weighted by Crippen LogP contribution is -2.42. The zero-order chi connectivity index (χ0) is 15.4. The van der Waals surface area contributed by atoms with Crippen molar-refractivity contribution in [2.24, 2.45) is 0 Å². The summed E-state index contributed by atoms with van der Waals surface area (Å²) in [5, 5.41) is 14.6. The van der Waals surface area contributed by atoms with Gasteiger partial charge >= 0.3 is 7.12 Å². The topological polar surface area (TPSA) is 73.6 Å². The van der Waals surface area contributed by atoms with Gasteiger partial charge in [-0.2, -0.15) is 0 Å². The van der Waals surface area contributed by atoms with Crippen molar-refractivity contribution in [1.82, 2.24) is 0 Å². The molecule has 1 N–H and O–H groups in total. The van der Waals surface area contributed by atoms with Gasteiger partial charge in [0.2, 0.25) is 0 Å². The molecule has 6 nitrogen and oxygen atoms in total. The van der Waals surface area contributed by atoms with Crippen LogP contribution in [0.1, 0.15) is 6.42 Å². The van der Waals surface area contributed by atoms with Crippen LogP contribution in [0.3, 0.4) is 0 Å². The summed E-state index contributed by atoms with van der Waals surface area (Å²) in [5.41, 5.74) is 1.63. The summed E-state index contributed by atoms with van der Waals surface area (Å²) < 4.78 is 11.0.